The van der Waals surface area contributed by atoms with E-state index in [0.717, 1.165) is 30.6 Å². The highest BCUT2D eigenvalue weighted by molar-refractivity contribution is 7.09. The lowest BCUT2D eigenvalue weighted by Gasteiger charge is -2.40. The molecule has 150 valence electrons. The number of nitrogens with zero attached hydrogens (tertiary/aromatic N) is 1. The Hall–Kier alpha value is -2.41. The standard InChI is InChI=1S/C21H27N3O3S/c1-3-21(2,20(27)23-16-7-4-5-8-16)24(14-17-9-6-12-28-17)19(26)15-10-11-18(25)22-13-15/h6,9-13,16H,3-5,7-8,14H2,1-2H3,(H,22,25)(H,23,27)/t21-/m1/s1. The Bertz CT molecular complexity index is 851. The summed E-state index contributed by atoms with van der Waals surface area (Å²) >= 11 is 1.55. The molecule has 7 heteroatoms. The van der Waals surface area contributed by atoms with E-state index in [2.05, 4.69) is 10.3 Å². The summed E-state index contributed by atoms with van der Waals surface area (Å²) in [5.74, 6) is -0.383. The van der Waals surface area contributed by atoms with Crippen molar-refractivity contribution >= 4 is 23.2 Å². The molecule has 2 heterocycles. The van der Waals surface area contributed by atoms with Gasteiger partial charge in [-0.2, -0.15) is 0 Å². The second kappa shape index (κ2) is 8.73. The van der Waals surface area contributed by atoms with Crippen molar-refractivity contribution in [3.63, 3.8) is 0 Å². The van der Waals surface area contributed by atoms with Crippen molar-refractivity contribution in [1.82, 2.24) is 15.2 Å². The van der Waals surface area contributed by atoms with E-state index in [-0.39, 0.29) is 23.4 Å². The van der Waals surface area contributed by atoms with Gasteiger partial charge in [-0.1, -0.05) is 25.8 Å². The predicted molar refractivity (Wildman–Crippen MR) is 110 cm³/mol. The van der Waals surface area contributed by atoms with Gasteiger partial charge in [-0.15, -0.1) is 11.3 Å². The Morgan fingerprint density at radius 1 is 1.29 bits per heavy atom. The second-order valence-electron chi connectivity index (χ2n) is 7.49. The number of hydrogen-bond acceptors (Lipinski definition) is 4. The zero-order valence-electron chi connectivity index (χ0n) is 16.4. The predicted octanol–water partition coefficient (Wildman–Crippen LogP) is 3.31. The molecule has 0 saturated heterocycles. The number of carbonyl (C=O) groups is 2. The number of thiophene rings is 1. The minimum atomic E-state index is -0.986. The third-order valence-electron chi connectivity index (χ3n) is 5.63. The third-order valence-corrected chi connectivity index (χ3v) is 6.50. The summed E-state index contributed by atoms with van der Waals surface area (Å²) in [5, 5.41) is 5.12. The Balaban J connectivity index is 1.92. The van der Waals surface area contributed by atoms with Crippen LogP contribution in [0, 0.1) is 0 Å². The van der Waals surface area contributed by atoms with Gasteiger partial charge in [0, 0.05) is 23.2 Å². The monoisotopic (exact) mass is 401 g/mol. The van der Waals surface area contributed by atoms with E-state index in [1.165, 1.54) is 18.3 Å². The van der Waals surface area contributed by atoms with Gasteiger partial charge >= 0.3 is 0 Å². The van der Waals surface area contributed by atoms with Crippen LogP contribution in [-0.2, 0) is 11.3 Å². The summed E-state index contributed by atoms with van der Waals surface area (Å²) in [6.07, 6.45) is 6.14. The number of H-pyrrole nitrogens is 1. The summed E-state index contributed by atoms with van der Waals surface area (Å²) in [6.45, 7) is 4.10. The van der Waals surface area contributed by atoms with Crippen LogP contribution in [0.25, 0.3) is 0 Å². The first-order valence-electron chi connectivity index (χ1n) is 9.78. The molecule has 1 atom stereocenters. The summed E-state index contributed by atoms with van der Waals surface area (Å²) in [4.78, 5) is 43.2. The van der Waals surface area contributed by atoms with Crippen molar-refractivity contribution in [3.8, 4) is 0 Å². The molecule has 1 fully saturated rings. The second-order valence-corrected chi connectivity index (χ2v) is 8.53. The van der Waals surface area contributed by atoms with Crippen LogP contribution in [0.3, 0.4) is 0 Å². The van der Waals surface area contributed by atoms with E-state index < -0.39 is 5.54 Å². The smallest absolute Gasteiger partial charge is 0.256 e. The van der Waals surface area contributed by atoms with Gasteiger partial charge in [-0.05, 0) is 43.7 Å². The highest BCUT2D eigenvalue weighted by Crippen LogP contribution is 2.28. The van der Waals surface area contributed by atoms with E-state index in [1.807, 2.05) is 31.4 Å². The van der Waals surface area contributed by atoms with Crippen molar-refractivity contribution in [2.24, 2.45) is 0 Å². The van der Waals surface area contributed by atoms with Gasteiger partial charge in [0.15, 0.2) is 0 Å². The molecule has 2 aromatic heterocycles. The molecule has 1 saturated carbocycles. The molecule has 1 aliphatic carbocycles. The van der Waals surface area contributed by atoms with Gasteiger partial charge < -0.3 is 15.2 Å². The van der Waals surface area contributed by atoms with E-state index >= 15 is 0 Å². The van der Waals surface area contributed by atoms with Gasteiger partial charge in [0.2, 0.25) is 11.5 Å². The summed E-state index contributed by atoms with van der Waals surface area (Å²) < 4.78 is 0. The number of aromatic nitrogens is 1. The fraction of sp³-hybridized carbons (Fsp3) is 0.476. The van der Waals surface area contributed by atoms with Crippen LogP contribution in [0.15, 0.2) is 40.6 Å². The van der Waals surface area contributed by atoms with Crippen molar-refractivity contribution in [2.45, 2.75) is 64.1 Å². The van der Waals surface area contributed by atoms with Crippen LogP contribution in [0.5, 0.6) is 0 Å². The maximum Gasteiger partial charge on any atom is 0.256 e. The fourth-order valence-corrected chi connectivity index (χ4v) is 4.31. The third kappa shape index (κ3) is 4.35. The van der Waals surface area contributed by atoms with Crippen molar-refractivity contribution in [2.75, 3.05) is 0 Å². The molecule has 2 N–H and O–H groups in total. The molecule has 3 rings (SSSR count). The summed E-state index contributed by atoms with van der Waals surface area (Å²) in [6, 6.07) is 6.92. The molecule has 28 heavy (non-hydrogen) atoms. The Kier molecular flexibility index (Phi) is 6.34. The number of aromatic amines is 1. The van der Waals surface area contributed by atoms with Crippen molar-refractivity contribution in [3.05, 3.63) is 56.6 Å². The molecule has 0 radical (unpaired) electrons. The number of hydrogen-bond donors (Lipinski definition) is 2. The maximum absolute atomic E-state index is 13.4. The normalized spacial score (nSPS) is 16.5. The topological polar surface area (TPSA) is 82.3 Å². The van der Waals surface area contributed by atoms with E-state index in [0.29, 0.717) is 18.5 Å². The van der Waals surface area contributed by atoms with Crippen LogP contribution < -0.4 is 10.9 Å². The van der Waals surface area contributed by atoms with Crippen molar-refractivity contribution in [1.29, 1.82) is 0 Å². The largest absolute Gasteiger partial charge is 0.351 e. The van der Waals surface area contributed by atoms with Gasteiger partial charge in [-0.25, -0.2) is 0 Å². The van der Waals surface area contributed by atoms with Crippen molar-refractivity contribution < 1.29 is 9.59 Å². The Labute approximate surface area is 169 Å². The fourth-order valence-electron chi connectivity index (χ4n) is 3.61. The molecule has 0 unspecified atom stereocenters. The van der Waals surface area contributed by atoms with Gasteiger partial charge in [0.25, 0.3) is 5.91 Å². The molecule has 0 spiro atoms. The van der Waals surface area contributed by atoms with Gasteiger partial charge in [-0.3, -0.25) is 14.4 Å². The van der Waals surface area contributed by atoms with Gasteiger partial charge in [0.05, 0.1) is 12.1 Å². The first-order chi connectivity index (χ1) is 13.4. The van der Waals surface area contributed by atoms with E-state index in [1.54, 1.807) is 16.2 Å². The molecular weight excluding hydrogens is 374 g/mol. The minimum absolute atomic E-state index is 0.115. The van der Waals surface area contributed by atoms with E-state index in [9.17, 15) is 14.4 Å². The lowest BCUT2D eigenvalue weighted by atomic mass is 9.93. The zero-order valence-corrected chi connectivity index (χ0v) is 17.2. The lowest BCUT2D eigenvalue weighted by Crippen LogP contribution is -2.59. The number of carbonyl (C=O) groups excluding carboxylic acids is 2. The average molecular weight is 402 g/mol. The number of nitrogens with one attached hydrogen (secondary N) is 2. The molecule has 1 aliphatic rings. The number of pyridine rings is 1. The molecule has 0 aromatic carbocycles. The average Bonchev–Trinajstić information content (AvgIpc) is 3.39. The number of rotatable bonds is 7. The zero-order chi connectivity index (χ0) is 20.1. The lowest BCUT2D eigenvalue weighted by molar-refractivity contribution is -0.132. The summed E-state index contributed by atoms with van der Waals surface area (Å²) in [7, 11) is 0. The molecule has 0 aliphatic heterocycles. The molecule has 2 aromatic rings. The summed E-state index contributed by atoms with van der Waals surface area (Å²) in [5.41, 5.74) is -0.886. The molecular formula is C21H27N3O3S. The first-order valence-corrected chi connectivity index (χ1v) is 10.7. The minimum Gasteiger partial charge on any atom is -0.351 e. The SMILES string of the molecule is CC[C@](C)(C(=O)NC1CCCC1)N(Cc1cccs1)C(=O)c1ccc(=O)[nH]c1. The van der Waals surface area contributed by atoms with Crippen LogP contribution >= 0.6 is 11.3 Å². The Morgan fingerprint density at radius 2 is 2.04 bits per heavy atom. The van der Waals surface area contributed by atoms with Gasteiger partial charge in [0.1, 0.15) is 5.54 Å². The highest BCUT2D eigenvalue weighted by Gasteiger charge is 2.42. The Morgan fingerprint density at radius 3 is 2.61 bits per heavy atom. The molecule has 2 amide bonds. The van der Waals surface area contributed by atoms with Crippen LogP contribution in [0.4, 0.5) is 0 Å². The van der Waals surface area contributed by atoms with Crippen LogP contribution in [0.2, 0.25) is 0 Å². The maximum atomic E-state index is 13.4. The van der Waals surface area contributed by atoms with E-state index in [4.69, 9.17) is 0 Å². The quantitative estimate of drug-likeness (QED) is 0.747. The van der Waals surface area contributed by atoms with Crippen LogP contribution in [-0.4, -0.2) is 33.3 Å². The van der Waals surface area contributed by atoms with Crippen LogP contribution in [0.1, 0.15) is 61.2 Å². The molecule has 6 nitrogen and oxygen atoms in total. The number of amides is 2. The first kappa shape index (κ1) is 20.3. The highest BCUT2D eigenvalue weighted by atomic mass is 32.1. The molecule has 0 bridgehead atoms.